The first kappa shape index (κ1) is 9.36. The number of carbonyl (C=O) groups is 1. The van der Waals surface area contributed by atoms with Crippen molar-refractivity contribution >= 4 is 14.5 Å². The highest BCUT2D eigenvalue weighted by molar-refractivity contribution is 7.46. The van der Waals surface area contributed by atoms with Gasteiger partial charge in [-0.2, -0.15) is 0 Å². The zero-order chi connectivity index (χ0) is 11.0. The fourth-order valence-corrected chi connectivity index (χ4v) is 2.49. The van der Waals surface area contributed by atoms with E-state index in [2.05, 4.69) is 4.98 Å². The normalized spacial score (nSPS) is 18.5. The van der Waals surface area contributed by atoms with E-state index in [0.29, 0.717) is 11.3 Å². The van der Waals surface area contributed by atoms with E-state index in [9.17, 15) is 4.79 Å². The van der Waals surface area contributed by atoms with E-state index in [4.69, 9.17) is 9.05 Å². The molecule has 5 nitrogen and oxygen atoms in total. The van der Waals surface area contributed by atoms with Crippen LogP contribution in [0.1, 0.15) is 10.4 Å². The molecular formula is C10H7N2O3P. The summed E-state index contributed by atoms with van der Waals surface area (Å²) in [6.07, 6.45) is 4.87. The molecule has 1 aliphatic rings. The Morgan fingerprint density at radius 1 is 1.25 bits per heavy atom. The van der Waals surface area contributed by atoms with Crippen LogP contribution in [0, 0.1) is 0 Å². The fraction of sp³-hybridized carbons (Fsp3) is 0. The van der Waals surface area contributed by atoms with Gasteiger partial charge in [-0.3, -0.25) is 0 Å². The van der Waals surface area contributed by atoms with Crippen molar-refractivity contribution in [2.24, 2.45) is 0 Å². The van der Waals surface area contributed by atoms with Crippen LogP contribution >= 0.6 is 8.53 Å². The van der Waals surface area contributed by atoms with E-state index in [1.54, 1.807) is 41.3 Å². The van der Waals surface area contributed by atoms with Crippen LogP contribution in [-0.2, 0) is 4.52 Å². The van der Waals surface area contributed by atoms with Gasteiger partial charge in [-0.1, -0.05) is 12.1 Å². The summed E-state index contributed by atoms with van der Waals surface area (Å²) in [7, 11) is -1.45. The van der Waals surface area contributed by atoms with Crippen molar-refractivity contribution in [3.05, 3.63) is 48.5 Å². The maximum atomic E-state index is 11.7. The third kappa shape index (κ3) is 1.46. The monoisotopic (exact) mass is 234 g/mol. The van der Waals surface area contributed by atoms with E-state index in [1.807, 2.05) is 6.07 Å². The third-order valence-electron chi connectivity index (χ3n) is 2.12. The van der Waals surface area contributed by atoms with Gasteiger partial charge in [0.2, 0.25) is 0 Å². The maximum absolute atomic E-state index is 11.7. The number of aromatic nitrogens is 2. The number of fused-ring (bicyclic) bond motifs is 1. The Kier molecular flexibility index (Phi) is 2.11. The van der Waals surface area contributed by atoms with Gasteiger partial charge < -0.3 is 9.05 Å². The van der Waals surface area contributed by atoms with Gasteiger partial charge in [-0.05, 0) is 12.1 Å². The summed E-state index contributed by atoms with van der Waals surface area (Å²) >= 11 is 0. The predicted octanol–water partition coefficient (Wildman–Crippen LogP) is 2.21. The second-order valence-corrected chi connectivity index (χ2v) is 4.45. The summed E-state index contributed by atoms with van der Waals surface area (Å²) in [5.74, 6) is 0.195. The Morgan fingerprint density at radius 2 is 2.12 bits per heavy atom. The minimum atomic E-state index is -1.45. The SMILES string of the molecule is O=C1OP(n2ccnc2)Oc2ccccc21. The van der Waals surface area contributed by atoms with Gasteiger partial charge in [0.05, 0.1) is 0 Å². The zero-order valence-electron chi connectivity index (χ0n) is 8.11. The number of hydrogen-bond acceptors (Lipinski definition) is 4. The Bertz CT molecular complexity index is 527. The van der Waals surface area contributed by atoms with Crippen molar-refractivity contribution in [3.63, 3.8) is 0 Å². The number of para-hydroxylation sites is 1. The first-order valence-corrected chi connectivity index (χ1v) is 5.75. The van der Waals surface area contributed by atoms with E-state index < -0.39 is 8.53 Å². The fourth-order valence-electron chi connectivity index (χ4n) is 1.38. The van der Waals surface area contributed by atoms with Crippen LogP contribution in [0.2, 0.25) is 0 Å². The summed E-state index contributed by atoms with van der Waals surface area (Å²) in [6.45, 7) is 0. The summed E-state index contributed by atoms with van der Waals surface area (Å²) in [5, 5.41) is 0. The summed E-state index contributed by atoms with van der Waals surface area (Å²) in [6, 6.07) is 7.02. The topological polar surface area (TPSA) is 53.4 Å². The molecule has 1 aromatic carbocycles. The third-order valence-corrected chi connectivity index (χ3v) is 3.41. The summed E-state index contributed by atoms with van der Waals surface area (Å²) in [5.41, 5.74) is 0.460. The number of rotatable bonds is 1. The van der Waals surface area contributed by atoms with Crippen molar-refractivity contribution in [2.45, 2.75) is 0 Å². The van der Waals surface area contributed by atoms with Gasteiger partial charge in [-0.25, -0.2) is 14.1 Å². The molecule has 80 valence electrons. The summed E-state index contributed by atoms with van der Waals surface area (Å²) < 4.78 is 12.4. The lowest BCUT2D eigenvalue weighted by Crippen LogP contribution is -2.14. The van der Waals surface area contributed by atoms with Crippen molar-refractivity contribution in [1.29, 1.82) is 0 Å². The smallest absolute Gasteiger partial charge is 0.422 e. The van der Waals surface area contributed by atoms with Gasteiger partial charge in [0.15, 0.2) is 0 Å². The van der Waals surface area contributed by atoms with Crippen molar-refractivity contribution < 1.29 is 13.8 Å². The molecule has 2 aromatic rings. The molecule has 0 saturated heterocycles. The highest BCUT2D eigenvalue weighted by atomic mass is 31.2. The number of hydrogen-bond donors (Lipinski definition) is 0. The molecule has 0 bridgehead atoms. The first-order valence-electron chi connectivity index (χ1n) is 4.62. The van der Waals surface area contributed by atoms with Crippen LogP contribution in [0.3, 0.4) is 0 Å². The van der Waals surface area contributed by atoms with Gasteiger partial charge in [0.25, 0.3) is 0 Å². The van der Waals surface area contributed by atoms with Crippen LogP contribution in [-0.4, -0.2) is 15.3 Å². The molecule has 0 N–H and O–H groups in total. The van der Waals surface area contributed by atoms with Crippen LogP contribution in [0.15, 0.2) is 43.0 Å². The van der Waals surface area contributed by atoms with Gasteiger partial charge in [-0.15, -0.1) is 0 Å². The van der Waals surface area contributed by atoms with Gasteiger partial charge >= 0.3 is 14.5 Å². The largest absolute Gasteiger partial charge is 0.424 e. The van der Waals surface area contributed by atoms with E-state index in [0.717, 1.165) is 0 Å². The van der Waals surface area contributed by atoms with Crippen LogP contribution in [0.5, 0.6) is 5.75 Å². The zero-order valence-corrected chi connectivity index (χ0v) is 9.00. The highest BCUT2D eigenvalue weighted by Gasteiger charge is 2.30. The average molecular weight is 234 g/mol. The van der Waals surface area contributed by atoms with E-state index >= 15 is 0 Å². The molecule has 1 atom stereocenters. The van der Waals surface area contributed by atoms with Crippen LogP contribution in [0.4, 0.5) is 0 Å². The molecule has 1 unspecified atom stereocenters. The van der Waals surface area contributed by atoms with E-state index in [1.165, 1.54) is 0 Å². The molecule has 0 saturated carbocycles. The average Bonchev–Trinajstić information content (AvgIpc) is 2.82. The second-order valence-electron chi connectivity index (χ2n) is 3.15. The Balaban J connectivity index is 1.98. The highest BCUT2D eigenvalue weighted by Crippen LogP contribution is 2.46. The lowest BCUT2D eigenvalue weighted by molar-refractivity contribution is 0.0718. The Hall–Kier alpha value is -1.87. The number of carbonyl (C=O) groups excluding carboxylic acids is 1. The van der Waals surface area contributed by atoms with Crippen LogP contribution in [0.25, 0.3) is 0 Å². The predicted molar refractivity (Wildman–Crippen MR) is 57.0 cm³/mol. The number of nitrogens with zero attached hydrogens (tertiary/aromatic N) is 2. The number of imidazole rings is 1. The van der Waals surface area contributed by atoms with Crippen molar-refractivity contribution in [2.75, 3.05) is 0 Å². The molecular weight excluding hydrogens is 227 g/mol. The summed E-state index contributed by atoms with van der Waals surface area (Å²) in [4.78, 5) is 15.6. The minimum Gasteiger partial charge on any atom is -0.422 e. The standard InChI is InChI=1S/C10H7N2O3P/c13-10-8-3-1-2-4-9(8)14-16(15-10)12-6-5-11-7-12/h1-7H. The second kappa shape index (κ2) is 3.61. The Morgan fingerprint density at radius 3 is 2.94 bits per heavy atom. The molecule has 2 heterocycles. The molecule has 0 amide bonds. The molecule has 1 aromatic heterocycles. The van der Waals surface area contributed by atoms with E-state index in [-0.39, 0.29) is 5.97 Å². The molecule has 6 heteroatoms. The lowest BCUT2D eigenvalue weighted by atomic mass is 10.2. The van der Waals surface area contributed by atoms with Gasteiger partial charge in [0, 0.05) is 12.4 Å². The molecule has 0 aliphatic carbocycles. The molecule has 1 aliphatic heterocycles. The molecule has 16 heavy (non-hydrogen) atoms. The Labute approximate surface area is 92.6 Å². The van der Waals surface area contributed by atoms with Crippen molar-refractivity contribution in [3.8, 4) is 5.75 Å². The lowest BCUT2D eigenvalue weighted by Gasteiger charge is -2.23. The molecule has 3 rings (SSSR count). The molecule has 0 radical (unpaired) electrons. The number of benzene rings is 1. The van der Waals surface area contributed by atoms with Crippen LogP contribution < -0.4 is 4.52 Å². The maximum Gasteiger partial charge on any atom is 0.424 e. The quantitative estimate of drug-likeness (QED) is 0.710. The van der Waals surface area contributed by atoms with Gasteiger partial charge in [0.1, 0.15) is 17.6 Å². The molecule has 0 spiro atoms. The van der Waals surface area contributed by atoms with Crippen molar-refractivity contribution in [1.82, 2.24) is 9.32 Å². The first-order chi connectivity index (χ1) is 7.84. The minimum absolute atomic E-state index is 0.360. The molecule has 0 fully saturated rings.